The van der Waals surface area contributed by atoms with Crippen LogP contribution in [0.15, 0.2) is 60.7 Å². The van der Waals surface area contributed by atoms with Gasteiger partial charge in [0.25, 0.3) is 5.91 Å². The number of anilines is 2. The zero-order valence-electron chi connectivity index (χ0n) is 14.8. The molecule has 1 aromatic heterocycles. The van der Waals surface area contributed by atoms with Gasteiger partial charge in [-0.3, -0.25) is 14.3 Å². The number of benzene rings is 2. The minimum Gasteiger partial charge on any atom is -0.321 e. The SMILES string of the molecule is Cn1nc(C(=O)Nc2cccc(Cl)c2)cc1NC(=O)CCc1ccccc1. The highest BCUT2D eigenvalue weighted by Crippen LogP contribution is 2.17. The zero-order valence-corrected chi connectivity index (χ0v) is 15.5. The summed E-state index contributed by atoms with van der Waals surface area (Å²) in [5.74, 6) is -0.0504. The molecular weight excluding hydrogens is 364 g/mol. The highest BCUT2D eigenvalue weighted by atomic mass is 35.5. The number of aromatic nitrogens is 2. The van der Waals surface area contributed by atoms with E-state index in [-0.39, 0.29) is 17.5 Å². The molecule has 2 amide bonds. The Kier molecular flexibility index (Phi) is 5.88. The molecule has 7 heteroatoms. The van der Waals surface area contributed by atoms with Crippen molar-refractivity contribution >= 4 is 34.9 Å². The Hall–Kier alpha value is -3.12. The van der Waals surface area contributed by atoms with Crippen molar-refractivity contribution in [3.63, 3.8) is 0 Å². The van der Waals surface area contributed by atoms with E-state index in [9.17, 15) is 9.59 Å². The maximum absolute atomic E-state index is 12.3. The Morgan fingerprint density at radius 3 is 2.56 bits per heavy atom. The summed E-state index contributed by atoms with van der Waals surface area (Å²) >= 11 is 5.92. The molecule has 1 heterocycles. The molecule has 0 saturated heterocycles. The van der Waals surface area contributed by atoms with Gasteiger partial charge in [-0.05, 0) is 30.2 Å². The van der Waals surface area contributed by atoms with E-state index in [2.05, 4.69) is 15.7 Å². The molecule has 0 bridgehead atoms. The number of aryl methyl sites for hydroxylation is 2. The molecule has 3 rings (SSSR count). The van der Waals surface area contributed by atoms with E-state index in [0.29, 0.717) is 29.4 Å². The van der Waals surface area contributed by atoms with Crippen molar-refractivity contribution in [3.8, 4) is 0 Å². The predicted molar refractivity (Wildman–Crippen MR) is 106 cm³/mol. The molecule has 0 aliphatic carbocycles. The van der Waals surface area contributed by atoms with Crippen LogP contribution in [0.5, 0.6) is 0 Å². The minimum absolute atomic E-state index is 0.136. The molecule has 3 aromatic rings. The minimum atomic E-state index is -0.377. The normalized spacial score (nSPS) is 10.4. The Bertz CT molecular complexity index is 954. The van der Waals surface area contributed by atoms with Crippen molar-refractivity contribution in [2.45, 2.75) is 12.8 Å². The molecule has 2 aromatic carbocycles. The van der Waals surface area contributed by atoms with Crippen molar-refractivity contribution in [3.05, 3.63) is 76.9 Å². The van der Waals surface area contributed by atoms with E-state index in [1.807, 2.05) is 30.3 Å². The van der Waals surface area contributed by atoms with Crippen molar-refractivity contribution in [2.24, 2.45) is 7.05 Å². The second kappa shape index (κ2) is 8.51. The summed E-state index contributed by atoms with van der Waals surface area (Å²) in [4.78, 5) is 24.5. The number of carbonyl (C=O) groups excluding carboxylic acids is 2. The summed E-state index contributed by atoms with van der Waals surface area (Å²) < 4.78 is 1.47. The molecule has 0 aliphatic rings. The number of carbonyl (C=O) groups is 2. The van der Waals surface area contributed by atoms with Crippen LogP contribution in [0.1, 0.15) is 22.5 Å². The highest BCUT2D eigenvalue weighted by Gasteiger charge is 2.15. The van der Waals surface area contributed by atoms with Gasteiger partial charge in [-0.15, -0.1) is 0 Å². The van der Waals surface area contributed by atoms with Crippen LogP contribution in [-0.2, 0) is 18.3 Å². The fourth-order valence-corrected chi connectivity index (χ4v) is 2.75. The molecule has 0 atom stereocenters. The lowest BCUT2D eigenvalue weighted by Gasteiger charge is -2.05. The molecule has 0 aliphatic heterocycles. The molecule has 27 heavy (non-hydrogen) atoms. The monoisotopic (exact) mass is 382 g/mol. The zero-order chi connectivity index (χ0) is 19.2. The van der Waals surface area contributed by atoms with Gasteiger partial charge in [0.05, 0.1) is 0 Å². The molecule has 0 fully saturated rings. The van der Waals surface area contributed by atoms with E-state index in [4.69, 9.17) is 11.6 Å². The van der Waals surface area contributed by atoms with Crippen LogP contribution in [0.2, 0.25) is 5.02 Å². The lowest BCUT2D eigenvalue weighted by molar-refractivity contribution is -0.116. The smallest absolute Gasteiger partial charge is 0.276 e. The van der Waals surface area contributed by atoms with Gasteiger partial charge in [-0.25, -0.2) is 0 Å². The van der Waals surface area contributed by atoms with Crippen LogP contribution in [0.4, 0.5) is 11.5 Å². The second-order valence-electron chi connectivity index (χ2n) is 6.04. The van der Waals surface area contributed by atoms with Gasteiger partial charge in [0, 0.05) is 30.2 Å². The van der Waals surface area contributed by atoms with E-state index in [0.717, 1.165) is 5.56 Å². The molecule has 0 spiro atoms. The largest absolute Gasteiger partial charge is 0.321 e. The molecule has 138 valence electrons. The third kappa shape index (κ3) is 5.18. The van der Waals surface area contributed by atoms with Gasteiger partial charge in [0.15, 0.2) is 5.69 Å². The van der Waals surface area contributed by atoms with E-state index < -0.39 is 0 Å². The van der Waals surface area contributed by atoms with Crippen LogP contribution in [0.25, 0.3) is 0 Å². The summed E-state index contributed by atoms with van der Waals surface area (Å²) in [6.07, 6.45) is 0.992. The Labute approximate surface area is 162 Å². The van der Waals surface area contributed by atoms with Crippen LogP contribution in [-0.4, -0.2) is 21.6 Å². The average molecular weight is 383 g/mol. The summed E-state index contributed by atoms with van der Waals surface area (Å²) in [6.45, 7) is 0. The van der Waals surface area contributed by atoms with Crippen molar-refractivity contribution in [1.29, 1.82) is 0 Å². The van der Waals surface area contributed by atoms with Gasteiger partial charge in [-0.2, -0.15) is 5.10 Å². The maximum atomic E-state index is 12.3. The lowest BCUT2D eigenvalue weighted by Crippen LogP contribution is -2.14. The van der Waals surface area contributed by atoms with Crippen LogP contribution in [0.3, 0.4) is 0 Å². The summed E-state index contributed by atoms with van der Waals surface area (Å²) in [5, 5.41) is 10.2. The maximum Gasteiger partial charge on any atom is 0.276 e. The molecule has 0 saturated carbocycles. The first kappa shape index (κ1) is 18.7. The van der Waals surface area contributed by atoms with Crippen LogP contribution < -0.4 is 10.6 Å². The summed E-state index contributed by atoms with van der Waals surface area (Å²) in [5.41, 5.74) is 1.88. The lowest BCUT2D eigenvalue weighted by atomic mass is 10.1. The van der Waals surface area contributed by atoms with Gasteiger partial charge in [0.2, 0.25) is 5.91 Å². The fraction of sp³-hybridized carbons (Fsp3) is 0.150. The van der Waals surface area contributed by atoms with Crippen molar-refractivity contribution in [2.75, 3.05) is 10.6 Å². The van der Waals surface area contributed by atoms with Gasteiger partial charge in [0.1, 0.15) is 5.82 Å². The third-order valence-electron chi connectivity index (χ3n) is 3.95. The van der Waals surface area contributed by atoms with E-state index in [1.165, 1.54) is 4.68 Å². The van der Waals surface area contributed by atoms with E-state index >= 15 is 0 Å². The number of nitrogens with zero attached hydrogens (tertiary/aromatic N) is 2. The van der Waals surface area contributed by atoms with E-state index in [1.54, 1.807) is 37.4 Å². The average Bonchev–Trinajstić information content (AvgIpc) is 3.01. The molecule has 0 unspecified atom stereocenters. The number of amides is 2. The van der Waals surface area contributed by atoms with Gasteiger partial charge < -0.3 is 10.6 Å². The van der Waals surface area contributed by atoms with Crippen molar-refractivity contribution < 1.29 is 9.59 Å². The number of halogens is 1. The Balaban J connectivity index is 1.60. The first-order valence-corrected chi connectivity index (χ1v) is 8.84. The summed E-state index contributed by atoms with van der Waals surface area (Å²) in [7, 11) is 1.67. The van der Waals surface area contributed by atoms with Gasteiger partial charge in [-0.1, -0.05) is 48.0 Å². The predicted octanol–water partition coefficient (Wildman–Crippen LogP) is 3.90. The molecular formula is C20H19ClN4O2. The number of nitrogens with one attached hydrogen (secondary N) is 2. The first-order chi connectivity index (χ1) is 13.0. The standard InChI is InChI=1S/C20H19ClN4O2/c1-25-18(23-19(26)11-10-14-6-3-2-4-7-14)13-17(24-25)20(27)22-16-9-5-8-15(21)12-16/h2-9,12-13H,10-11H2,1H3,(H,22,27)(H,23,26). The second-order valence-corrected chi connectivity index (χ2v) is 6.47. The third-order valence-corrected chi connectivity index (χ3v) is 4.18. The van der Waals surface area contributed by atoms with Crippen LogP contribution in [0, 0.1) is 0 Å². The highest BCUT2D eigenvalue weighted by molar-refractivity contribution is 6.30. The number of rotatable bonds is 6. The summed E-state index contributed by atoms with van der Waals surface area (Å²) in [6, 6.07) is 18.2. The number of hydrogen-bond donors (Lipinski definition) is 2. The molecule has 0 radical (unpaired) electrons. The Morgan fingerprint density at radius 2 is 1.81 bits per heavy atom. The Morgan fingerprint density at radius 1 is 1.04 bits per heavy atom. The first-order valence-electron chi connectivity index (χ1n) is 8.46. The fourth-order valence-electron chi connectivity index (χ4n) is 2.56. The topological polar surface area (TPSA) is 76.0 Å². The molecule has 2 N–H and O–H groups in total. The quantitative estimate of drug-likeness (QED) is 0.678. The molecule has 6 nitrogen and oxygen atoms in total. The van der Waals surface area contributed by atoms with Crippen LogP contribution >= 0.6 is 11.6 Å². The van der Waals surface area contributed by atoms with Gasteiger partial charge >= 0.3 is 0 Å². The number of hydrogen-bond acceptors (Lipinski definition) is 3. The van der Waals surface area contributed by atoms with Crippen molar-refractivity contribution in [1.82, 2.24) is 9.78 Å².